The molecule has 8 heteroatoms. The Hall–Kier alpha value is -2.77. The summed E-state index contributed by atoms with van der Waals surface area (Å²) in [6.45, 7) is 5.43. The number of aliphatic imine (C=N–C) groups is 1. The fourth-order valence-corrected chi connectivity index (χ4v) is 3.93. The molecular weight excluding hydrogens is 376 g/mol. The molecule has 0 bridgehead atoms. The van der Waals surface area contributed by atoms with Crippen molar-refractivity contribution in [2.24, 2.45) is 10.4 Å². The van der Waals surface area contributed by atoms with Crippen LogP contribution in [0.4, 0.5) is 0 Å². The van der Waals surface area contributed by atoms with Gasteiger partial charge in [-0.25, -0.2) is 4.79 Å². The number of ketones is 2. The summed E-state index contributed by atoms with van der Waals surface area (Å²) in [6, 6.07) is -0.998. The fraction of sp³-hybridized carbons (Fsp3) is 0.571. The second-order valence-corrected chi connectivity index (χ2v) is 8.56. The van der Waals surface area contributed by atoms with Crippen molar-refractivity contribution in [1.82, 2.24) is 5.16 Å². The molecule has 8 nitrogen and oxygen atoms in total. The Kier molecular flexibility index (Phi) is 5.73. The smallest absolute Gasteiger partial charge is 0.328 e. The van der Waals surface area contributed by atoms with Gasteiger partial charge in [0.15, 0.2) is 11.6 Å². The van der Waals surface area contributed by atoms with E-state index in [1.54, 1.807) is 0 Å². The molecule has 1 aromatic heterocycles. The van der Waals surface area contributed by atoms with E-state index in [9.17, 15) is 19.5 Å². The lowest BCUT2D eigenvalue weighted by molar-refractivity contribution is -0.138. The minimum Gasteiger partial charge on any atom is -0.511 e. The lowest BCUT2D eigenvalue weighted by atomic mass is 9.76. The summed E-state index contributed by atoms with van der Waals surface area (Å²) in [7, 11) is 0. The highest BCUT2D eigenvalue weighted by Gasteiger charge is 2.36. The number of aliphatic hydroxyl groups is 1. The van der Waals surface area contributed by atoms with Crippen LogP contribution in [0.25, 0.3) is 0 Å². The summed E-state index contributed by atoms with van der Waals surface area (Å²) in [4.78, 5) is 40.1. The zero-order valence-corrected chi connectivity index (χ0v) is 16.9. The van der Waals surface area contributed by atoms with Crippen LogP contribution in [0.5, 0.6) is 0 Å². The molecule has 0 aliphatic heterocycles. The highest BCUT2D eigenvalue weighted by Crippen LogP contribution is 2.36. The van der Waals surface area contributed by atoms with Gasteiger partial charge in [-0.1, -0.05) is 19.0 Å². The van der Waals surface area contributed by atoms with Gasteiger partial charge in [0.05, 0.1) is 22.5 Å². The molecule has 0 saturated heterocycles. The molecule has 2 aliphatic rings. The third-order valence-corrected chi connectivity index (χ3v) is 5.37. The van der Waals surface area contributed by atoms with Gasteiger partial charge in [0.25, 0.3) is 0 Å². The number of carbonyl (C=O) groups is 3. The average molecular weight is 402 g/mol. The molecule has 1 aromatic rings. The van der Waals surface area contributed by atoms with Crippen molar-refractivity contribution in [2.45, 2.75) is 71.8 Å². The van der Waals surface area contributed by atoms with Crippen LogP contribution in [0, 0.1) is 5.41 Å². The van der Waals surface area contributed by atoms with Crippen LogP contribution >= 0.6 is 0 Å². The SMILES string of the molecule is CC(N=C1CCCC(=O)/C1=C(\O)CCc1noc2c1C(=O)CC(C)(C)C2)C(=O)O. The topological polar surface area (TPSA) is 130 Å². The molecule has 2 N–H and O–H groups in total. The summed E-state index contributed by atoms with van der Waals surface area (Å²) < 4.78 is 5.37. The number of aliphatic carboxylic acids is 1. The van der Waals surface area contributed by atoms with Gasteiger partial charge in [0.2, 0.25) is 0 Å². The standard InChI is InChI=1S/C21H26N2O6/c1-11(20(27)28)22-12-5-4-6-14(24)18(12)15(25)8-7-13-19-16(26)9-21(2,3)10-17(19)29-23-13/h11,25H,4-10H2,1-3H3,(H,27,28)/b18-15-,22-12?. The Morgan fingerprint density at radius 2 is 1.93 bits per heavy atom. The van der Waals surface area contributed by atoms with Crippen molar-refractivity contribution in [1.29, 1.82) is 0 Å². The van der Waals surface area contributed by atoms with Crippen LogP contribution in [0.2, 0.25) is 0 Å². The van der Waals surface area contributed by atoms with Crippen LogP contribution < -0.4 is 0 Å². The second-order valence-electron chi connectivity index (χ2n) is 8.56. The summed E-state index contributed by atoms with van der Waals surface area (Å²) in [5, 5.41) is 23.7. The second kappa shape index (κ2) is 7.93. The van der Waals surface area contributed by atoms with E-state index in [1.807, 2.05) is 13.8 Å². The van der Waals surface area contributed by atoms with Crippen molar-refractivity contribution in [3.05, 3.63) is 28.3 Å². The number of carboxylic acid groups (broad SMARTS) is 1. The van der Waals surface area contributed by atoms with E-state index in [4.69, 9.17) is 9.63 Å². The third-order valence-electron chi connectivity index (χ3n) is 5.37. The number of carbonyl (C=O) groups excluding carboxylic acids is 2. The molecule has 1 fully saturated rings. The van der Waals surface area contributed by atoms with Gasteiger partial charge in [0.1, 0.15) is 17.6 Å². The fourth-order valence-electron chi connectivity index (χ4n) is 3.93. The van der Waals surface area contributed by atoms with E-state index < -0.39 is 12.0 Å². The highest BCUT2D eigenvalue weighted by atomic mass is 16.5. The molecule has 29 heavy (non-hydrogen) atoms. The maximum absolute atomic E-state index is 12.5. The minimum atomic E-state index is -1.09. The first-order chi connectivity index (χ1) is 13.6. The van der Waals surface area contributed by atoms with E-state index in [0.717, 1.165) is 0 Å². The van der Waals surface area contributed by atoms with Crippen LogP contribution in [0.1, 0.15) is 74.7 Å². The first kappa shape index (κ1) is 21.0. The number of Topliss-reactive ketones (excluding diaryl/α,β-unsaturated/α-hetero) is 2. The molecule has 0 amide bonds. The summed E-state index contributed by atoms with van der Waals surface area (Å²) in [6.07, 6.45) is 2.66. The summed E-state index contributed by atoms with van der Waals surface area (Å²) in [5.41, 5.74) is 1.23. The number of nitrogens with zero attached hydrogens (tertiary/aromatic N) is 2. The van der Waals surface area contributed by atoms with E-state index in [2.05, 4.69) is 10.1 Å². The molecule has 156 valence electrons. The predicted molar refractivity (Wildman–Crippen MR) is 104 cm³/mol. The number of hydrogen-bond donors (Lipinski definition) is 2. The van der Waals surface area contributed by atoms with Crippen LogP contribution in [0.15, 0.2) is 20.8 Å². The first-order valence-electron chi connectivity index (χ1n) is 9.85. The number of rotatable bonds is 5. The van der Waals surface area contributed by atoms with E-state index in [0.29, 0.717) is 48.4 Å². The molecule has 0 aromatic carbocycles. The van der Waals surface area contributed by atoms with E-state index in [1.165, 1.54) is 6.92 Å². The lowest BCUT2D eigenvalue weighted by Gasteiger charge is -2.26. The van der Waals surface area contributed by atoms with Crippen molar-refractivity contribution in [2.75, 3.05) is 0 Å². The van der Waals surface area contributed by atoms with Crippen molar-refractivity contribution in [3.63, 3.8) is 0 Å². The zero-order valence-electron chi connectivity index (χ0n) is 16.9. The highest BCUT2D eigenvalue weighted by molar-refractivity contribution is 6.24. The maximum atomic E-state index is 12.5. The summed E-state index contributed by atoms with van der Waals surface area (Å²) in [5.74, 6) is -0.938. The van der Waals surface area contributed by atoms with Crippen molar-refractivity contribution in [3.8, 4) is 0 Å². The van der Waals surface area contributed by atoms with Crippen LogP contribution in [-0.2, 0) is 22.4 Å². The van der Waals surface area contributed by atoms with Crippen molar-refractivity contribution < 1.29 is 29.1 Å². The number of aromatic nitrogens is 1. The molecule has 3 rings (SSSR count). The Bertz CT molecular complexity index is 922. The molecular formula is C21H26N2O6. The molecule has 1 atom stereocenters. The molecule has 0 radical (unpaired) electrons. The Labute approximate surface area is 168 Å². The number of allylic oxidation sites excluding steroid dienone is 2. The van der Waals surface area contributed by atoms with E-state index in [-0.39, 0.29) is 47.6 Å². The Morgan fingerprint density at radius 1 is 1.21 bits per heavy atom. The molecule has 1 heterocycles. The number of aryl methyl sites for hydroxylation is 1. The Balaban J connectivity index is 1.83. The third kappa shape index (κ3) is 4.46. The van der Waals surface area contributed by atoms with Gasteiger partial charge < -0.3 is 14.7 Å². The predicted octanol–water partition coefficient (Wildman–Crippen LogP) is 3.24. The van der Waals surface area contributed by atoms with Gasteiger partial charge >= 0.3 is 5.97 Å². The molecule has 2 aliphatic carbocycles. The first-order valence-corrected chi connectivity index (χ1v) is 9.85. The normalized spacial score (nSPS) is 23.1. The van der Waals surface area contributed by atoms with Gasteiger partial charge in [-0.2, -0.15) is 0 Å². The van der Waals surface area contributed by atoms with Gasteiger partial charge in [-0.05, 0) is 25.2 Å². The largest absolute Gasteiger partial charge is 0.511 e. The summed E-state index contributed by atoms with van der Waals surface area (Å²) >= 11 is 0. The monoisotopic (exact) mass is 402 g/mol. The molecule has 1 unspecified atom stereocenters. The molecule has 0 spiro atoms. The number of aliphatic hydroxyl groups excluding tert-OH is 1. The van der Waals surface area contributed by atoms with Crippen molar-refractivity contribution >= 4 is 23.2 Å². The van der Waals surface area contributed by atoms with Gasteiger partial charge in [-0.3, -0.25) is 14.6 Å². The van der Waals surface area contributed by atoms with Crippen LogP contribution in [-0.4, -0.2) is 44.7 Å². The quantitative estimate of drug-likeness (QED) is 0.571. The van der Waals surface area contributed by atoms with E-state index >= 15 is 0 Å². The lowest BCUT2D eigenvalue weighted by Crippen LogP contribution is -2.26. The maximum Gasteiger partial charge on any atom is 0.328 e. The Morgan fingerprint density at radius 3 is 2.62 bits per heavy atom. The minimum absolute atomic E-state index is 0.0223. The molecule has 1 saturated carbocycles. The van der Waals surface area contributed by atoms with Gasteiger partial charge in [0, 0.05) is 32.1 Å². The number of fused-ring (bicyclic) bond motifs is 1. The number of carboxylic acids is 1. The van der Waals surface area contributed by atoms with Gasteiger partial charge in [-0.15, -0.1) is 0 Å². The zero-order chi connectivity index (χ0) is 21.3. The average Bonchev–Trinajstić information content (AvgIpc) is 3.01. The van der Waals surface area contributed by atoms with Crippen LogP contribution in [0.3, 0.4) is 0 Å². The number of hydrogen-bond acceptors (Lipinski definition) is 7.